The average molecular weight is 343 g/mol. The van der Waals surface area contributed by atoms with E-state index in [0.717, 1.165) is 6.42 Å². The summed E-state index contributed by atoms with van der Waals surface area (Å²) in [5.41, 5.74) is 1.45. The summed E-state index contributed by atoms with van der Waals surface area (Å²) in [5.74, 6) is 0. The zero-order valence-corrected chi connectivity index (χ0v) is 16.5. The highest BCUT2D eigenvalue weighted by molar-refractivity contribution is 5.17. The van der Waals surface area contributed by atoms with Gasteiger partial charge >= 0.3 is 0 Å². The molecule has 1 aromatic rings. The fraction of sp³-hybridized carbons (Fsp3) is 0.652. The van der Waals surface area contributed by atoms with Crippen LogP contribution in [0.15, 0.2) is 42.7 Å². The SMILES string of the molecule is CCCCCCCCN1C=CN(CCCCC)C1Cc1ccccc1. The van der Waals surface area contributed by atoms with Crippen LogP contribution in [0, 0.1) is 0 Å². The minimum Gasteiger partial charge on any atom is -0.356 e. The standard InChI is InChI=1S/C23H38N2/c1-3-5-7-8-9-14-18-25-20-19-24(17-13-6-4-2)23(25)21-22-15-11-10-12-16-22/h10-12,15-16,19-20,23H,3-9,13-14,17-18,21H2,1-2H3. The first-order valence-electron chi connectivity index (χ1n) is 10.6. The Balaban J connectivity index is 1.84. The quantitative estimate of drug-likeness (QED) is 0.394. The van der Waals surface area contributed by atoms with Gasteiger partial charge in [0.2, 0.25) is 0 Å². The molecule has 1 unspecified atom stereocenters. The van der Waals surface area contributed by atoms with Gasteiger partial charge in [-0.25, -0.2) is 0 Å². The molecule has 140 valence electrons. The topological polar surface area (TPSA) is 6.48 Å². The summed E-state index contributed by atoms with van der Waals surface area (Å²) < 4.78 is 0. The van der Waals surface area contributed by atoms with Crippen LogP contribution < -0.4 is 0 Å². The lowest BCUT2D eigenvalue weighted by Crippen LogP contribution is -2.41. The largest absolute Gasteiger partial charge is 0.356 e. The van der Waals surface area contributed by atoms with Crippen molar-refractivity contribution in [2.75, 3.05) is 13.1 Å². The van der Waals surface area contributed by atoms with E-state index in [2.05, 4.69) is 66.4 Å². The van der Waals surface area contributed by atoms with Crippen molar-refractivity contribution in [3.63, 3.8) is 0 Å². The van der Waals surface area contributed by atoms with E-state index in [0.29, 0.717) is 6.17 Å². The Morgan fingerprint density at radius 1 is 0.680 bits per heavy atom. The lowest BCUT2D eigenvalue weighted by atomic mass is 10.1. The summed E-state index contributed by atoms with van der Waals surface area (Å²) in [6.07, 6.45) is 18.5. The van der Waals surface area contributed by atoms with Crippen LogP contribution in [0.5, 0.6) is 0 Å². The molecule has 0 amide bonds. The third-order valence-corrected chi connectivity index (χ3v) is 5.27. The molecule has 0 bridgehead atoms. The molecule has 1 aliphatic heterocycles. The van der Waals surface area contributed by atoms with Gasteiger partial charge in [-0.05, 0) is 18.4 Å². The monoisotopic (exact) mass is 342 g/mol. The van der Waals surface area contributed by atoms with Gasteiger partial charge in [0, 0.05) is 31.9 Å². The van der Waals surface area contributed by atoms with Crippen molar-refractivity contribution in [2.45, 2.75) is 84.2 Å². The van der Waals surface area contributed by atoms with E-state index in [1.807, 2.05) is 0 Å². The molecule has 2 nitrogen and oxygen atoms in total. The van der Waals surface area contributed by atoms with Gasteiger partial charge in [0.1, 0.15) is 6.17 Å². The fourth-order valence-corrected chi connectivity index (χ4v) is 3.69. The van der Waals surface area contributed by atoms with Crippen LogP contribution in [0.25, 0.3) is 0 Å². The average Bonchev–Trinajstić information content (AvgIpc) is 3.01. The summed E-state index contributed by atoms with van der Waals surface area (Å²) in [6.45, 7) is 6.96. The summed E-state index contributed by atoms with van der Waals surface area (Å²) >= 11 is 0. The van der Waals surface area contributed by atoms with Crippen molar-refractivity contribution in [1.29, 1.82) is 0 Å². The molecule has 1 atom stereocenters. The van der Waals surface area contributed by atoms with Crippen molar-refractivity contribution in [3.05, 3.63) is 48.3 Å². The second-order valence-electron chi connectivity index (χ2n) is 7.42. The smallest absolute Gasteiger partial charge is 0.105 e. The molecule has 0 saturated heterocycles. The van der Waals surface area contributed by atoms with Crippen LogP contribution in [0.3, 0.4) is 0 Å². The van der Waals surface area contributed by atoms with Gasteiger partial charge in [-0.3, -0.25) is 0 Å². The Bertz CT molecular complexity index is 468. The fourth-order valence-electron chi connectivity index (χ4n) is 3.69. The molecule has 2 heteroatoms. The van der Waals surface area contributed by atoms with Crippen LogP contribution in [0.1, 0.15) is 77.2 Å². The summed E-state index contributed by atoms with van der Waals surface area (Å²) in [5, 5.41) is 0. The molecule has 0 aromatic heterocycles. The lowest BCUT2D eigenvalue weighted by Gasteiger charge is -2.33. The molecule has 0 saturated carbocycles. The van der Waals surface area contributed by atoms with Crippen molar-refractivity contribution in [1.82, 2.24) is 9.80 Å². The van der Waals surface area contributed by atoms with Crippen molar-refractivity contribution < 1.29 is 0 Å². The lowest BCUT2D eigenvalue weighted by molar-refractivity contribution is 0.148. The molecule has 25 heavy (non-hydrogen) atoms. The Hall–Kier alpha value is -1.44. The highest BCUT2D eigenvalue weighted by Crippen LogP contribution is 2.22. The zero-order chi connectivity index (χ0) is 17.7. The number of hydrogen-bond acceptors (Lipinski definition) is 2. The van der Waals surface area contributed by atoms with Crippen LogP contribution >= 0.6 is 0 Å². The van der Waals surface area contributed by atoms with Gasteiger partial charge in [0.15, 0.2) is 0 Å². The Labute approximate surface area is 155 Å². The van der Waals surface area contributed by atoms with Gasteiger partial charge in [-0.2, -0.15) is 0 Å². The number of unbranched alkanes of at least 4 members (excludes halogenated alkanes) is 7. The highest BCUT2D eigenvalue weighted by atomic mass is 15.4. The molecular formula is C23H38N2. The first-order chi connectivity index (χ1) is 12.3. The molecule has 0 radical (unpaired) electrons. The van der Waals surface area contributed by atoms with E-state index in [1.165, 1.54) is 76.4 Å². The van der Waals surface area contributed by atoms with E-state index in [9.17, 15) is 0 Å². The molecule has 1 aromatic carbocycles. The number of rotatable bonds is 13. The van der Waals surface area contributed by atoms with E-state index < -0.39 is 0 Å². The number of benzene rings is 1. The summed E-state index contributed by atoms with van der Waals surface area (Å²) in [4.78, 5) is 5.15. The number of hydrogen-bond donors (Lipinski definition) is 0. The van der Waals surface area contributed by atoms with Gasteiger partial charge in [-0.1, -0.05) is 89.1 Å². The molecule has 0 spiro atoms. The Morgan fingerprint density at radius 2 is 1.20 bits per heavy atom. The zero-order valence-electron chi connectivity index (χ0n) is 16.5. The summed E-state index contributed by atoms with van der Waals surface area (Å²) in [7, 11) is 0. The van der Waals surface area contributed by atoms with Crippen molar-refractivity contribution >= 4 is 0 Å². The molecule has 0 aliphatic carbocycles. The predicted octanol–water partition coefficient (Wildman–Crippen LogP) is 6.19. The van der Waals surface area contributed by atoms with Gasteiger partial charge in [0.05, 0.1) is 0 Å². The van der Waals surface area contributed by atoms with E-state index >= 15 is 0 Å². The van der Waals surface area contributed by atoms with Gasteiger partial charge < -0.3 is 9.80 Å². The Morgan fingerprint density at radius 3 is 1.84 bits per heavy atom. The normalized spacial score (nSPS) is 16.8. The van der Waals surface area contributed by atoms with Crippen molar-refractivity contribution in [3.8, 4) is 0 Å². The highest BCUT2D eigenvalue weighted by Gasteiger charge is 2.25. The first kappa shape index (κ1) is 19.9. The molecular weight excluding hydrogens is 304 g/mol. The minimum absolute atomic E-state index is 0.509. The van der Waals surface area contributed by atoms with Crippen LogP contribution in [-0.4, -0.2) is 29.1 Å². The minimum atomic E-state index is 0.509. The third-order valence-electron chi connectivity index (χ3n) is 5.27. The van der Waals surface area contributed by atoms with E-state index in [1.54, 1.807) is 0 Å². The first-order valence-corrected chi connectivity index (χ1v) is 10.6. The van der Waals surface area contributed by atoms with E-state index in [-0.39, 0.29) is 0 Å². The maximum Gasteiger partial charge on any atom is 0.105 e. The maximum atomic E-state index is 2.58. The number of nitrogens with zero attached hydrogens (tertiary/aromatic N) is 2. The Kier molecular flexibility index (Phi) is 9.54. The maximum absolute atomic E-state index is 2.58. The molecule has 1 aliphatic rings. The van der Waals surface area contributed by atoms with Gasteiger partial charge in [-0.15, -0.1) is 0 Å². The third kappa shape index (κ3) is 7.13. The van der Waals surface area contributed by atoms with Crippen LogP contribution in [0.4, 0.5) is 0 Å². The van der Waals surface area contributed by atoms with Crippen LogP contribution in [-0.2, 0) is 6.42 Å². The second kappa shape index (κ2) is 12.0. The molecule has 0 N–H and O–H groups in total. The van der Waals surface area contributed by atoms with E-state index in [4.69, 9.17) is 0 Å². The molecule has 2 rings (SSSR count). The summed E-state index contributed by atoms with van der Waals surface area (Å²) in [6, 6.07) is 11.0. The van der Waals surface area contributed by atoms with Gasteiger partial charge in [0.25, 0.3) is 0 Å². The van der Waals surface area contributed by atoms with Crippen LogP contribution in [0.2, 0.25) is 0 Å². The molecule has 1 heterocycles. The van der Waals surface area contributed by atoms with Crippen molar-refractivity contribution in [2.24, 2.45) is 0 Å². The second-order valence-corrected chi connectivity index (χ2v) is 7.42. The molecule has 0 fully saturated rings. The predicted molar refractivity (Wildman–Crippen MR) is 109 cm³/mol.